The Morgan fingerprint density at radius 3 is 1.16 bits per heavy atom. The number of aryl methyl sites for hydroxylation is 5. The molecule has 0 bridgehead atoms. The first kappa shape index (κ1) is 88.4. The van der Waals surface area contributed by atoms with Gasteiger partial charge in [-0.2, -0.15) is 0 Å². The van der Waals surface area contributed by atoms with Crippen molar-refractivity contribution in [3.05, 3.63) is 182 Å². The van der Waals surface area contributed by atoms with E-state index < -0.39 is 16.8 Å². The van der Waals surface area contributed by atoms with Crippen LogP contribution in [0.3, 0.4) is 0 Å². The van der Waals surface area contributed by atoms with E-state index in [2.05, 4.69) is 110 Å². The number of rotatable bonds is 24. The second-order valence-corrected chi connectivity index (χ2v) is 38.5. The summed E-state index contributed by atoms with van der Waals surface area (Å²) in [5, 5.41) is 80.1. The number of likely N-dealkylation sites (tertiary alicyclic amines) is 4. The van der Waals surface area contributed by atoms with Crippen LogP contribution in [0.2, 0.25) is 0 Å². The first-order valence-corrected chi connectivity index (χ1v) is 47.1. The fourth-order valence-electron chi connectivity index (χ4n) is 19.8. The van der Waals surface area contributed by atoms with Crippen LogP contribution in [0, 0.1) is 34.6 Å². The zero-order valence-corrected chi connectivity index (χ0v) is 75.2. The number of pyridine rings is 1. The summed E-state index contributed by atoms with van der Waals surface area (Å²) in [7, 11) is 0. The van der Waals surface area contributed by atoms with Crippen LogP contribution >= 0.6 is 22.7 Å². The minimum absolute atomic E-state index is 0.0139. The molecular weight excluding hydrogens is 1680 g/mol. The van der Waals surface area contributed by atoms with E-state index in [0.717, 1.165) is 211 Å². The molecule has 0 spiro atoms. The topological polar surface area (TPSA) is 399 Å². The first-order valence-electron chi connectivity index (χ1n) is 45.3. The van der Waals surface area contributed by atoms with Crippen LogP contribution in [-0.4, -0.2) is 228 Å². The van der Waals surface area contributed by atoms with Gasteiger partial charge in [-0.15, -0.1) is 22.7 Å². The molecule has 12 heterocycles. The van der Waals surface area contributed by atoms with Gasteiger partial charge in [0.05, 0.1) is 87.9 Å². The number of aliphatic hydroxyl groups is 3. The number of carbonyl (C=O) groups excluding carboxylic acids is 4. The van der Waals surface area contributed by atoms with Crippen LogP contribution in [0.1, 0.15) is 158 Å². The fraction of sp³-hybridized carbons (Fsp3) is 0.484. The predicted molar refractivity (Wildman–Crippen MR) is 492 cm³/mol. The van der Waals surface area contributed by atoms with E-state index in [1.807, 2.05) is 137 Å². The molecule has 4 amide bonds. The molecule has 21 rings (SSSR count). The molecule has 8 fully saturated rings. The van der Waals surface area contributed by atoms with Gasteiger partial charge in [-0.05, 0) is 216 Å². The molecule has 0 unspecified atom stereocenters. The van der Waals surface area contributed by atoms with E-state index >= 15 is 0 Å². The minimum Gasteiger partial charge on any atom is -0.454 e. The SMILES string of the molecule is Cc1ccc2onc(NCC(=O)NC3CN(C4CCC(O)(c5ccc(C)nc5)CC4)C3)c2c1.Cc1ccc2onc(NCC(=O)NC3CN(C4CCC(O)(c5cncs5)CC4)C3)c2c1.Cc1ccc2onc(NCC(=O)NC3CN(C4CCC(O)(c5nccs5)CC4)C3)c2c1.Cc1ccc2onc(NCC(=O)NC3CN(C4CCC(c5ccc6c(c5)OCO6)CC4)C3)c2c1. The summed E-state index contributed by atoms with van der Waals surface area (Å²) in [5.41, 5.74) is 10.1. The number of hydrogen-bond donors (Lipinski definition) is 11. The maximum Gasteiger partial charge on any atom is 0.239 e. The Morgan fingerprint density at radius 2 is 0.791 bits per heavy atom. The number of thiazole rings is 2. The van der Waals surface area contributed by atoms with Crippen molar-refractivity contribution in [2.24, 2.45) is 0 Å². The number of nitrogens with zero attached hydrogens (tertiary/aromatic N) is 11. The molecule has 5 aromatic carbocycles. The molecule has 4 saturated carbocycles. The van der Waals surface area contributed by atoms with Crippen molar-refractivity contribution in [3.8, 4) is 11.5 Å². The summed E-state index contributed by atoms with van der Waals surface area (Å²) in [6.07, 6.45) is 20.4. The summed E-state index contributed by atoms with van der Waals surface area (Å²) >= 11 is 3.06. The summed E-state index contributed by atoms with van der Waals surface area (Å²) in [4.78, 5) is 73.0. The summed E-state index contributed by atoms with van der Waals surface area (Å²) in [6.45, 7) is 18.0. The van der Waals surface area contributed by atoms with Gasteiger partial charge >= 0.3 is 0 Å². The predicted octanol–water partition coefficient (Wildman–Crippen LogP) is 12.0. The van der Waals surface area contributed by atoms with E-state index in [4.69, 9.17) is 27.6 Å². The van der Waals surface area contributed by atoms with Crippen molar-refractivity contribution < 1.29 is 62.1 Å². The molecule has 129 heavy (non-hydrogen) atoms. The Kier molecular flexibility index (Phi) is 26.6. The highest BCUT2D eigenvalue weighted by molar-refractivity contribution is 7.10. The van der Waals surface area contributed by atoms with Crippen LogP contribution in [0.4, 0.5) is 23.3 Å². The number of amides is 4. The normalized spacial score (nSPS) is 24.0. The molecule has 4 saturated heterocycles. The number of carbonyl (C=O) groups is 4. The van der Waals surface area contributed by atoms with E-state index in [1.165, 1.54) is 53.9 Å². The van der Waals surface area contributed by atoms with Crippen molar-refractivity contribution in [1.82, 2.24) is 76.4 Å². The number of ether oxygens (including phenoxy) is 2. The van der Waals surface area contributed by atoms with Gasteiger partial charge < -0.3 is 85.4 Å². The van der Waals surface area contributed by atoms with Gasteiger partial charge in [-0.1, -0.05) is 79.3 Å². The molecule has 11 N–H and O–H groups in total. The molecule has 680 valence electrons. The highest BCUT2D eigenvalue weighted by Gasteiger charge is 2.45. The quantitative estimate of drug-likeness (QED) is 0.0268. The molecule has 9 aliphatic rings. The maximum atomic E-state index is 12.4. The lowest BCUT2D eigenvalue weighted by Gasteiger charge is -2.48. The van der Waals surface area contributed by atoms with Gasteiger partial charge in [0.25, 0.3) is 0 Å². The molecule has 0 atom stereocenters. The average molecular weight is 1800 g/mol. The van der Waals surface area contributed by atoms with Crippen molar-refractivity contribution in [2.75, 3.05) is 107 Å². The molecule has 0 radical (unpaired) electrons. The maximum absolute atomic E-state index is 12.4. The lowest BCUT2D eigenvalue weighted by molar-refractivity contribution is -0.122. The smallest absolute Gasteiger partial charge is 0.239 e. The van der Waals surface area contributed by atoms with Gasteiger partial charge in [0.15, 0.2) is 57.1 Å². The summed E-state index contributed by atoms with van der Waals surface area (Å²) in [6, 6.07) is 36.5. The zero-order chi connectivity index (χ0) is 88.9. The highest BCUT2D eigenvalue weighted by Crippen LogP contribution is 2.46. The average Bonchev–Trinajstić information content (AvgIpc) is 1.73. The molecule has 5 aliphatic heterocycles. The third-order valence-electron chi connectivity index (χ3n) is 27.4. The number of anilines is 4. The van der Waals surface area contributed by atoms with E-state index in [0.29, 0.717) is 76.9 Å². The lowest BCUT2D eigenvalue weighted by Crippen LogP contribution is -2.63. The number of nitrogens with one attached hydrogen (secondary N) is 8. The fourth-order valence-corrected chi connectivity index (χ4v) is 21.3. The van der Waals surface area contributed by atoms with Crippen molar-refractivity contribution in [1.29, 1.82) is 0 Å². The Bertz CT molecular complexity index is 5680. The number of benzene rings is 5. The van der Waals surface area contributed by atoms with Gasteiger partial charge in [0.2, 0.25) is 30.4 Å². The Labute approximate surface area is 755 Å². The van der Waals surface area contributed by atoms with Gasteiger partial charge in [-0.3, -0.25) is 48.7 Å². The van der Waals surface area contributed by atoms with E-state index in [-0.39, 0.29) is 74.0 Å². The second kappa shape index (κ2) is 38.8. The number of hydrogen-bond acceptors (Lipinski definition) is 30. The third kappa shape index (κ3) is 20.8. The van der Waals surface area contributed by atoms with E-state index in [1.54, 1.807) is 17.9 Å². The largest absolute Gasteiger partial charge is 0.454 e. The molecule has 7 aromatic heterocycles. The van der Waals surface area contributed by atoms with Crippen LogP contribution in [0.15, 0.2) is 151 Å². The Morgan fingerprint density at radius 1 is 0.411 bits per heavy atom. The second-order valence-electron chi connectivity index (χ2n) is 36.7. The van der Waals surface area contributed by atoms with Crippen LogP contribution in [0.5, 0.6) is 11.5 Å². The lowest BCUT2D eigenvalue weighted by atomic mass is 9.77. The zero-order valence-electron chi connectivity index (χ0n) is 73.6. The minimum atomic E-state index is -0.773. The standard InChI is InChI=1S/C26H30N4O4.C25H31N5O3.2C22H27N5O3S/c1-16-2-8-22-21(10-16)26(29-34-22)27-12-25(31)28-19-13-30(14-19)20-6-3-17(4-7-20)18-5-9-23-24(11-18)33-15-32-23;1-16-3-6-22-21(11-16)24(29-33-22)27-13-23(31)28-19-14-30(15-19)20-7-9-25(32,10-8-20)18-5-4-17(2)26-12-18;1-14-2-3-18-17(8-14)21(26-30-18)24-10-20(28)25-15-11-27(12-15)16-4-6-22(29,7-5-16)19-9-23-13-31-19;1-14-2-3-18-17(10-14)20(26-30-18)24-11-19(28)25-15-12-27(13-15)16-4-6-22(29,7-5-16)21-23-8-9-31-21/h2,5,8-11,17,19-20H,3-4,6-7,12-15H2,1H3,(H,27,29)(H,28,31);3-6,11-12,19-20,32H,7-10,13-15H2,1-2H3,(H,27,29)(H,28,31);2-3,8-9,13,15-16,29H,4-7,10-12H2,1H3,(H,24,26)(H,25,28);2-3,8-10,15-16,29H,4-7,11-13H2,1H3,(H,24,26)(H,25,28). The van der Waals surface area contributed by atoms with E-state index in [9.17, 15) is 34.5 Å². The van der Waals surface area contributed by atoms with Crippen molar-refractivity contribution in [3.63, 3.8) is 0 Å². The molecular formula is C95H115N19O13S2. The summed E-state index contributed by atoms with van der Waals surface area (Å²) < 4.78 is 32.2. The molecule has 12 aromatic rings. The molecule has 32 nitrogen and oxygen atoms in total. The van der Waals surface area contributed by atoms with Crippen molar-refractivity contribution >= 4 is 113 Å². The van der Waals surface area contributed by atoms with Gasteiger partial charge in [-0.25, -0.2) is 4.98 Å². The highest BCUT2D eigenvalue weighted by atomic mass is 32.1. The van der Waals surface area contributed by atoms with Crippen LogP contribution in [0.25, 0.3) is 43.9 Å². The Balaban J connectivity index is 0.000000116. The number of aromatic nitrogens is 7. The first-order chi connectivity index (χ1) is 62.5. The molecule has 34 heteroatoms. The van der Waals surface area contributed by atoms with Crippen LogP contribution < -0.4 is 52.0 Å². The van der Waals surface area contributed by atoms with Gasteiger partial charge in [0, 0.05) is 112 Å². The van der Waals surface area contributed by atoms with Gasteiger partial charge in [0.1, 0.15) is 16.2 Å². The number of fused-ring (bicyclic) bond motifs is 5. The monoisotopic (exact) mass is 1790 g/mol. The van der Waals surface area contributed by atoms with Crippen LogP contribution in [-0.2, 0) is 36.0 Å². The third-order valence-corrected chi connectivity index (χ3v) is 29.3. The van der Waals surface area contributed by atoms with Crippen molar-refractivity contribution in [2.45, 2.75) is 208 Å². The Hall–Kier alpha value is -11.2. The summed E-state index contributed by atoms with van der Waals surface area (Å²) in [5.74, 6) is 4.57. The molecule has 4 aliphatic carbocycles.